The summed E-state index contributed by atoms with van der Waals surface area (Å²) in [6.45, 7) is 7.64. The molecule has 146 valence electrons. The summed E-state index contributed by atoms with van der Waals surface area (Å²) >= 11 is 1.89. The predicted octanol–water partition coefficient (Wildman–Crippen LogP) is 4.10. The van der Waals surface area contributed by atoms with Gasteiger partial charge in [0, 0.05) is 50.0 Å². The summed E-state index contributed by atoms with van der Waals surface area (Å²) in [6.07, 6.45) is 8.91. The second-order valence-electron chi connectivity index (χ2n) is 8.32. The molecule has 0 bridgehead atoms. The van der Waals surface area contributed by atoms with Crippen molar-refractivity contribution in [2.45, 2.75) is 57.4 Å². The van der Waals surface area contributed by atoms with Crippen LogP contribution in [0.5, 0.6) is 0 Å². The second kappa shape index (κ2) is 8.39. The van der Waals surface area contributed by atoms with Gasteiger partial charge in [0.1, 0.15) is 0 Å². The molecule has 1 unspecified atom stereocenters. The lowest BCUT2D eigenvalue weighted by molar-refractivity contribution is -0.0837. The van der Waals surface area contributed by atoms with Crippen LogP contribution in [-0.2, 0) is 17.8 Å². The Labute approximate surface area is 167 Å². The predicted molar refractivity (Wildman–Crippen MR) is 111 cm³/mol. The molecule has 2 aliphatic rings. The van der Waals surface area contributed by atoms with Gasteiger partial charge in [-0.2, -0.15) is 0 Å². The molecule has 2 aliphatic heterocycles. The molecule has 2 aromatic rings. The number of likely N-dealkylation sites (tertiary alicyclic amines) is 1. The van der Waals surface area contributed by atoms with E-state index in [0.717, 1.165) is 32.7 Å². The van der Waals surface area contributed by atoms with Gasteiger partial charge >= 0.3 is 0 Å². The van der Waals surface area contributed by atoms with E-state index in [1.165, 1.54) is 41.7 Å². The van der Waals surface area contributed by atoms with Crippen LogP contribution in [0.25, 0.3) is 0 Å². The maximum Gasteiger partial charge on any atom is 0.0712 e. The summed E-state index contributed by atoms with van der Waals surface area (Å²) in [5, 5.41) is 2.21. The number of likely N-dealkylation sites (N-methyl/N-ethyl adjacent to an activating group) is 1. The van der Waals surface area contributed by atoms with E-state index < -0.39 is 0 Å². The van der Waals surface area contributed by atoms with E-state index in [2.05, 4.69) is 52.3 Å². The van der Waals surface area contributed by atoms with Crippen LogP contribution in [0, 0.1) is 6.92 Å². The summed E-state index contributed by atoms with van der Waals surface area (Å²) in [4.78, 5) is 10.6. The molecule has 0 aromatic carbocycles. The number of aryl methyl sites for hydroxylation is 1. The van der Waals surface area contributed by atoms with Crippen molar-refractivity contribution in [1.82, 2.24) is 14.8 Å². The molecule has 2 fully saturated rings. The van der Waals surface area contributed by atoms with Crippen molar-refractivity contribution in [3.8, 4) is 0 Å². The Balaban J connectivity index is 1.24. The first-order valence-electron chi connectivity index (χ1n) is 10.1. The molecule has 1 spiro atoms. The molecule has 5 heteroatoms. The Morgan fingerprint density at radius 2 is 2.00 bits per heavy atom. The molecule has 0 saturated carbocycles. The first-order chi connectivity index (χ1) is 13.1. The number of ether oxygens (including phenoxy) is 1. The van der Waals surface area contributed by atoms with Crippen molar-refractivity contribution >= 4 is 11.3 Å². The van der Waals surface area contributed by atoms with Gasteiger partial charge in [-0.15, -0.1) is 11.3 Å². The summed E-state index contributed by atoms with van der Waals surface area (Å²) in [6, 6.07) is 6.43. The van der Waals surface area contributed by atoms with Crippen LogP contribution in [0.3, 0.4) is 0 Å². The fraction of sp³-hybridized carbons (Fsp3) is 0.591. The van der Waals surface area contributed by atoms with Crippen LogP contribution < -0.4 is 0 Å². The van der Waals surface area contributed by atoms with Crippen molar-refractivity contribution < 1.29 is 4.74 Å². The van der Waals surface area contributed by atoms with Crippen LogP contribution in [-0.4, -0.2) is 53.2 Å². The zero-order chi connectivity index (χ0) is 18.7. The number of hydrogen-bond donors (Lipinski definition) is 0. The Hall–Kier alpha value is -1.27. The summed E-state index contributed by atoms with van der Waals surface area (Å²) in [5.74, 6) is 0. The Bertz CT molecular complexity index is 724. The van der Waals surface area contributed by atoms with Gasteiger partial charge in [-0.25, -0.2) is 0 Å². The van der Waals surface area contributed by atoms with Gasteiger partial charge in [0.2, 0.25) is 0 Å². The highest BCUT2D eigenvalue weighted by atomic mass is 32.1. The van der Waals surface area contributed by atoms with E-state index in [1.54, 1.807) is 0 Å². The van der Waals surface area contributed by atoms with E-state index in [-0.39, 0.29) is 5.60 Å². The minimum absolute atomic E-state index is 0.142. The lowest BCUT2D eigenvalue weighted by Gasteiger charge is -2.39. The van der Waals surface area contributed by atoms with E-state index in [1.807, 2.05) is 23.7 Å². The van der Waals surface area contributed by atoms with Gasteiger partial charge in [0.25, 0.3) is 0 Å². The number of aromatic nitrogens is 1. The fourth-order valence-electron chi connectivity index (χ4n) is 4.49. The molecular formula is C22H31N3OS. The Kier molecular flexibility index (Phi) is 5.93. The average Bonchev–Trinajstić information content (AvgIpc) is 3.24. The highest BCUT2D eigenvalue weighted by molar-refractivity contribution is 7.10. The van der Waals surface area contributed by atoms with Crippen molar-refractivity contribution in [2.75, 3.05) is 26.7 Å². The Morgan fingerprint density at radius 3 is 2.70 bits per heavy atom. The summed E-state index contributed by atoms with van der Waals surface area (Å²) < 4.78 is 6.63. The molecule has 4 rings (SSSR count). The van der Waals surface area contributed by atoms with Crippen LogP contribution >= 0.6 is 11.3 Å². The molecule has 0 radical (unpaired) electrons. The van der Waals surface area contributed by atoms with Crippen molar-refractivity contribution in [3.05, 3.63) is 52.0 Å². The van der Waals surface area contributed by atoms with Crippen LogP contribution in [0.4, 0.5) is 0 Å². The smallest absolute Gasteiger partial charge is 0.0712 e. The molecule has 2 saturated heterocycles. The summed E-state index contributed by atoms with van der Waals surface area (Å²) in [7, 11) is 2.20. The molecule has 1 atom stereocenters. The van der Waals surface area contributed by atoms with Crippen molar-refractivity contribution in [2.24, 2.45) is 0 Å². The van der Waals surface area contributed by atoms with Crippen LogP contribution in [0.1, 0.15) is 41.7 Å². The third kappa shape index (κ3) is 4.77. The third-order valence-electron chi connectivity index (χ3n) is 6.16. The zero-order valence-electron chi connectivity index (χ0n) is 16.6. The number of piperidine rings is 1. The van der Waals surface area contributed by atoms with Crippen molar-refractivity contribution in [3.63, 3.8) is 0 Å². The molecular weight excluding hydrogens is 354 g/mol. The van der Waals surface area contributed by atoms with Crippen LogP contribution in [0.15, 0.2) is 36.0 Å². The maximum absolute atomic E-state index is 6.63. The molecule has 0 amide bonds. The lowest BCUT2D eigenvalue weighted by Crippen LogP contribution is -2.44. The van der Waals surface area contributed by atoms with Gasteiger partial charge in [0.15, 0.2) is 0 Å². The number of nitrogens with zero attached hydrogens (tertiary/aromatic N) is 3. The lowest BCUT2D eigenvalue weighted by atomic mass is 9.88. The number of thiophene rings is 1. The minimum Gasteiger partial charge on any atom is -0.370 e. The summed E-state index contributed by atoms with van der Waals surface area (Å²) in [5.41, 5.74) is 2.90. The van der Waals surface area contributed by atoms with Gasteiger partial charge in [-0.3, -0.25) is 14.8 Å². The van der Waals surface area contributed by atoms with E-state index >= 15 is 0 Å². The average molecular weight is 386 g/mol. The number of rotatable bonds is 6. The normalized spacial score (nSPS) is 22.7. The molecule has 27 heavy (non-hydrogen) atoms. The largest absolute Gasteiger partial charge is 0.370 e. The first kappa shape index (κ1) is 19.1. The molecule has 4 nitrogen and oxygen atoms in total. The van der Waals surface area contributed by atoms with Gasteiger partial charge in [-0.1, -0.05) is 0 Å². The number of pyridine rings is 1. The van der Waals surface area contributed by atoms with Gasteiger partial charge in [-0.05, 0) is 74.4 Å². The zero-order valence-corrected chi connectivity index (χ0v) is 17.4. The van der Waals surface area contributed by atoms with Gasteiger partial charge in [0.05, 0.1) is 11.7 Å². The molecule has 4 heterocycles. The van der Waals surface area contributed by atoms with Gasteiger partial charge < -0.3 is 4.74 Å². The fourth-order valence-corrected chi connectivity index (χ4v) is 5.44. The van der Waals surface area contributed by atoms with E-state index in [9.17, 15) is 0 Å². The molecule has 0 N–H and O–H groups in total. The van der Waals surface area contributed by atoms with E-state index in [0.29, 0.717) is 6.10 Å². The second-order valence-corrected chi connectivity index (χ2v) is 9.32. The quantitative estimate of drug-likeness (QED) is 0.749. The minimum atomic E-state index is 0.142. The molecule has 2 aromatic heterocycles. The topological polar surface area (TPSA) is 28.6 Å². The monoisotopic (exact) mass is 385 g/mol. The third-order valence-corrected chi connectivity index (χ3v) is 7.17. The highest BCUT2D eigenvalue weighted by Crippen LogP contribution is 2.39. The number of hydrogen-bond acceptors (Lipinski definition) is 5. The van der Waals surface area contributed by atoms with Crippen molar-refractivity contribution in [1.29, 1.82) is 0 Å². The van der Waals surface area contributed by atoms with E-state index in [4.69, 9.17) is 4.74 Å². The first-order valence-corrected chi connectivity index (χ1v) is 11.0. The molecule has 0 aliphatic carbocycles. The standard InChI is InChI=1S/C22H31N3OS/c1-18-6-14-27-21(18)17-25-12-8-22(9-13-25)7-3-20(26-22)16-24(2)15-19-4-10-23-11-5-19/h4-6,10-11,14,20H,3,7-9,12-13,15-17H2,1-2H3. The maximum atomic E-state index is 6.63. The highest BCUT2D eigenvalue weighted by Gasteiger charge is 2.42. The Morgan fingerprint density at radius 1 is 1.22 bits per heavy atom. The van der Waals surface area contributed by atoms with Crippen LogP contribution in [0.2, 0.25) is 0 Å². The SMILES string of the molecule is Cc1ccsc1CN1CCC2(CCC(CN(C)Cc3ccncc3)O2)CC1.